The Bertz CT molecular complexity index is 918. The molecule has 1 aliphatic heterocycles. The van der Waals surface area contributed by atoms with Crippen LogP contribution in [0.1, 0.15) is 31.6 Å². The van der Waals surface area contributed by atoms with Crippen LogP contribution < -0.4 is 9.64 Å². The molecule has 3 heterocycles. The molecule has 8 nitrogen and oxygen atoms in total. The molecule has 146 valence electrons. The molecule has 0 spiro atoms. The van der Waals surface area contributed by atoms with Crippen LogP contribution in [0.15, 0.2) is 35.3 Å². The minimum atomic E-state index is 0.287. The van der Waals surface area contributed by atoms with Gasteiger partial charge in [-0.15, -0.1) is 10.2 Å². The molecule has 2 fully saturated rings. The minimum absolute atomic E-state index is 0.287. The number of hydrogen-bond donors (Lipinski definition) is 0. The molecule has 2 aliphatic rings. The van der Waals surface area contributed by atoms with Gasteiger partial charge in [-0.2, -0.15) is 0 Å². The summed E-state index contributed by atoms with van der Waals surface area (Å²) in [6.07, 6.45) is 7.99. The predicted molar refractivity (Wildman–Crippen MR) is 104 cm³/mol. The fourth-order valence-electron chi connectivity index (χ4n) is 4.10. The van der Waals surface area contributed by atoms with Crippen LogP contribution in [0.4, 0.5) is 5.69 Å². The molecule has 0 amide bonds. The van der Waals surface area contributed by atoms with Crippen LogP contribution in [0.25, 0.3) is 10.9 Å². The van der Waals surface area contributed by atoms with Gasteiger partial charge in [0, 0.05) is 31.9 Å². The topological polar surface area (TPSA) is 80.4 Å². The number of nitrogens with zero attached hydrogens (tertiary/aromatic N) is 6. The molecule has 1 aliphatic carbocycles. The Hall–Kier alpha value is -2.74. The number of piperazine rings is 1. The van der Waals surface area contributed by atoms with Gasteiger partial charge in [0.1, 0.15) is 12.4 Å². The molecule has 0 N–H and O–H groups in total. The SMILES string of the molecule is c1nc(OC2CCCC2)c2cc(N3CCN(Cc4nnco4)CC3)ccc2n1. The smallest absolute Gasteiger partial charge is 0.230 e. The van der Waals surface area contributed by atoms with Gasteiger partial charge in [-0.25, -0.2) is 9.97 Å². The fourth-order valence-corrected chi connectivity index (χ4v) is 4.10. The lowest BCUT2D eigenvalue weighted by molar-refractivity contribution is 0.204. The van der Waals surface area contributed by atoms with E-state index >= 15 is 0 Å². The van der Waals surface area contributed by atoms with Crippen molar-refractivity contribution in [3.05, 3.63) is 36.8 Å². The first-order chi connectivity index (χ1) is 13.8. The van der Waals surface area contributed by atoms with Gasteiger partial charge in [-0.3, -0.25) is 4.90 Å². The summed E-state index contributed by atoms with van der Waals surface area (Å²) in [6.45, 7) is 4.52. The summed E-state index contributed by atoms with van der Waals surface area (Å²) in [5.41, 5.74) is 2.12. The van der Waals surface area contributed by atoms with Crippen LogP contribution in [0, 0.1) is 0 Å². The quantitative estimate of drug-likeness (QED) is 0.668. The Labute approximate surface area is 163 Å². The highest BCUT2D eigenvalue weighted by Crippen LogP contribution is 2.30. The highest BCUT2D eigenvalue weighted by molar-refractivity contribution is 5.86. The molecule has 1 aromatic carbocycles. The monoisotopic (exact) mass is 380 g/mol. The maximum Gasteiger partial charge on any atom is 0.230 e. The van der Waals surface area contributed by atoms with Crippen molar-refractivity contribution in [1.82, 2.24) is 25.1 Å². The Balaban J connectivity index is 1.30. The number of hydrogen-bond acceptors (Lipinski definition) is 8. The number of fused-ring (bicyclic) bond motifs is 1. The van der Waals surface area contributed by atoms with Crippen LogP contribution in [0.5, 0.6) is 5.88 Å². The molecule has 28 heavy (non-hydrogen) atoms. The average molecular weight is 380 g/mol. The lowest BCUT2D eigenvalue weighted by atomic mass is 10.2. The van der Waals surface area contributed by atoms with Gasteiger partial charge in [-0.1, -0.05) is 0 Å². The third-order valence-electron chi connectivity index (χ3n) is 5.66. The summed E-state index contributed by atoms with van der Waals surface area (Å²) in [7, 11) is 0. The number of aromatic nitrogens is 4. The van der Waals surface area contributed by atoms with Gasteiger partial charge >= 0.3 is 0 Å². The summed E-state index contributed by atoms with van der Waals surface area (Å²) >= 11 is 0. The third kappa shape index (κ3) is 3.64. The van der Waals surface area contributed by atoms with Crippen molar-refractivity contribution in [2.75, 3.05) is 31.1 Å². The van der Waals surface area contributed by atoms with E-state index in [-0.39, 0.29) is 6.10 Å². The van der Waals surface area contributed by atoms with E-state index in [0.717, 1.165) is 49.9 Å². The second kappa shape index (κ2) is 7.71. The first-order valence-corrected chi connectivity index (χ1v) is 9.99. The molecule has 0 bridgehead atoms. The van der Waals surface area contributed by atoms with Crippen LogP contribution in [-0.4, -0.2) is 57.3 Å². The molecule has 5 rings (SSSR count). The minimum Gasteiger partial charge on any atom is -0.474 e. The number of benzene rings is 1. The summed E-state index contributed by atoms with van der Waals surface area (Å²) in [6, 6.07) is 6.38. The number of ether oxygens (including phenoxy) is 1. The Kier molecular flexibility index (Phi) is 4.78. The predicted octanol–water partition coefficient (Wildman–Crippen LogP) is 2.66. The largest absolute Gasteiger partial charge is 0.474 e. The van der Waals surface area contributed by atoms with E-state index in [9.17, 15) is 0 Å². The second-order valence-electron chi connectivity index (χ2n) is 7.50. The van der Waals surface area contributed by atoms with Crippen LogP contribution >= 0.6 is 0 Å². The molecule has 8 heteroatoms. The molecule has 0 radical (unpaired) electrons. The van der Waals surface area contributed by atoms with E-state index in [1.54, 1.807) is 6.33 Å². The summed E-state index contributed by atoms with van der Waals surface area (Å²) in [4.78, 5) is 13.6. The van der Waals surface area contributed by atoms with Crippen molar-refractivity contribution < 1.29 is 9.15 Å². The van der Waals surface area contributed by atoms with Gasteiger partial charge < -0.3 is 14.1 Å². The van der Waals surface area contributed by atoms with E-state index in [1.807, 2.05) is 0 Å². The Morgan fingerprint density at radius 3 is 2.71 bits per heavy atom. The number of anilines is 1. The van der Waals surface area contributed by atoms with Crippen LogP contribution in [0.2, 0.25) is 0 Å². The first-order valence-electron chi connectivity index (χ1n) is 9.99. The van der Waals surface area contributed by atoms with Crippen molar-refractivity contribution in [3.8, 4) is 5.88 Å². The second-order valence-corrected chi connectivity index (χ2v) is 7.50. The number of rotatable bonds is 5. The van der Waals surface area contributed by atoms with E-state index < -0.39 is 0 Å². The summed E-state index contributed by atoms with van der Waals surface area (Å²) in [5, 5.41) is 8.72. The lowest BCUT2D eigenvalue weighted by Crippen LogP contribution is -2.46. The molecule has 0 atom stereocenters. The summed E-state index contributed by atoms with van der Waals surface area (Å²) < 4.78 is 11.5. The van der Waals surface area contributed by atoms with Crippen molar-refractivity contribution in [2.24, 2.45) is 0 Å². The van der Waals surface area contributed by atoms with Gasteiger partial charge in [0.2, 0.25) is 18.2 Å². The highest BCUT2D eigenvalue weighted by Gasteiger charge is 2.21. The van der Waals surface area contributed by atoms with Crippen LogP contribution in [-0.2, 0) is 6.54 Å². The van der Waals surface area contributed by atoms with Gasteiger partial charge in [0.05, 0.1) is 17.4 Å². The van der Waals surface area contributed by atoms with Crippen molar-refractivity contribution in [1.29, 1.82) is 0 Å². The zero-order valence-corrected chi connectivity index (χ0v) is 15.8. The Morgan fingerprint density at radius 1 is 1.07 bits per heavy atom. The zero-order valence-electron chi connectivity index (χ0n) is 15.8. The zero-order chi connectivity index (χ0) is 18.8. The van der Waals surface area contributed by atoms with E-state index in [4.69, 9.17) is 9.15 Å². The standard InChI is InChI=1S/C20H24N6O2/c1-2-4-16(3-1)28-20-17-11-15(5-6-18(17)21-13-22-20)26-9-7-25(8-10-26)12-19-24-23-14-27-19/h5-6,11,13-14,16H,1-4,7-10,12H2. The van der Waals surface area contributed by atoms with Gasteiger partial charge in [0.25, 0.3) is 0 Å². The van der Waals surface area contributed by atoms with E-state index in [2.05, 4.69) is 48.2 Å². The molecule has 1 saturated heterocycles. The average Bonchev–Trinajstić information content (AvgIpc) is 3.43. The summed E-state index contributed by atoms with van der Waals surface area (Å²) in [5.74, 6) is 1.39. The maximum atomic E-state index is 6.21. The van der Waals surface area contributed by atoms with Gasteiger partial charge in [-0.05, 0) is 43.9 Å². The molecule has 0 unspecified atom stereocenters. The van der Waals surface area contributed by atoms with Crippen LogP contribution in [0.3, 0.4) is 0 Å². The van der Waals surface area contributed by atoms with Crippen molar-refractivity contribution >= 4 is 16.6 Å². The van der Waals surface area contributed by atoms with Gasteiger partial charge in [0.15, 0.2) is 0 Å². The molecule has 1 saturated carbocycles. The molecule has 2 aromatic heterocycles. The van der Waals surface area contributed by atoms with E-state index in [1.165, 1.54) is 24.9 Å². The Morgan fingerprint density at radius 2 is 1.93 bits per heavy atom. The first kappa shape index (κ1) is 17.4. The normalized spacial score (nSPS) is 18.8. The molecule has 3 aromatic rings. The molecular weight excluding hydrogens is 356 g/mol. The lowest BCUT2D eigenvalue weighted by Gasteiger charge is -2.35. The third-order valence-corrected chi connectivity index (χ3v) is 5.66. The van der Waals surface area contributed by atoms with Crippen molar-refractivity contribution in [2.45, 2.75) is 38.3 Å². The highest BCUT2D eigenvalue weighted by atomic mass is 16.5. The fraction of sp³-hybridized carbons (Fsp3) is 0.500. The van der Waals surface area contributed by atoms with Crippen molar-refractivity contribution in [3.63, 3.8) is 0 Å². The maximum absolute atomic E-state index is 6.21. The molecular formula is C20H24N6O2. The van der Waals surface area contributed by atoms with E-state index in [0.29, 0.717) is 18.3 Å².